The number of nitrogens with zero attached hydrogens (tertiary/aromatic N) is 4. The molecule has 0 spiro atoms. The number of hydrogen-bond donors (Lipinski definition) is 2. The van der Waals surface area contributed by atoms with Gasteiger partial charge < -0.3 is 5.11 Å². The zero-order valence-corrected chi connectivity index (χ0v) is 12.8. The lowest BCUT2D eigenvalue weighted by molar-refractivity contribution is -0.569. The molecule has 3 aromatic rings. The second-order valence-corrected chi connectivity index (χ2v) is 5.38. The van der Waals surface area contributed by atoms with Crippen LogP contribution in [0.15, 0.2) is 55.6 Å². The third-order valence-corrected chi connectivity index (χ3v) is 3.57. The number of nitrogen functional groups attached to an aromatic ring is 1. The van der Waals surface area contributed by atoms with Crippen molar-refractivity contribution in [3.05, 3.63) is 61.2 Å². The fraction of sp³-hybridized carbons (Fsp3) is 0.118. The Balaban J connectivity index is 1.89. The second-order valence-electron chi connectivity index (χ2n) is 5.38. The lowest BCUT2D eigenvalue weighted by atomic mass is 10.1. The van der Waals surface area contributed by atoms with Crippen molar-refractivity contribution < 1.29 is 9.67 Å². The first-order valence-corrected chi connectivity index (χ1v) is 7.15. The third kappa shape index (κ3) is 3.21. The number of aromatic hydroxyl groups is 1. The molecule has 2 heterocycles. The minimum atomic E-state index is 0.242. The van der Waals surface area contributed by atoms with Crippen LogP contribution in [0.5, 0.6) is 5.75 Å². The smallest absolute Gasteiger partial charge is 0.393 e. The molecule has 0 aliphatic carbocycles. The molecular weight excluding hydrogens is 290 g/mol. The molecule has 0 amide bonds. The molecule has 116 valence electrons. The lowest BCUT2D eigenvalue weighted by Gasteiger charge is -2.08. The molecule has 0 unspecified atom stereocenters. The van der Waals surface area contributed by atoms with E-state index in [0.717, 1.165) is 22.4 Å². The minimum Gasteiger partial charge on any atom is -0.508 e. The normalized spacial score (nSPS) is 10.7. The van der Waals surface area contributed by atoms with Crippen molar-refractivity contribution in [2.75, 3.05) is 5.73 Å². The highest BCUT2D eigenvalue weighted by Gasteiger charge is 2.14. The first-order valence-electron chi connectivity index (χ1n) is 7.15. The van der Waals surface area contributed by atoms with Crippen LogP contribution in [0.2, 0.25) is 0 Å². The summed E-state index contributed by atoms with van der Waals surface area (Å²) in [5, 5.41) is 13.5. The summed E-state index contributed by atoms with van der Waals surface area (Å²) >= 11 is 0. The van der Waals surface area contributed by atoms with Crippen LogP contribution in [-0.4, -0.2) is 19.9 Å². The third-order valence-electron chi connectivity index (χ3n) is 3.57. The Labute approximate surface area is 134 Å². The average molecular weight is 308 g/mol. The van der Waals surface area contributed by atoms with Gasteiger partial charge in [-0.15, -0.1) is 0 Å². The quantitative estimate of drug-likeness (QED) is 0.720. The van der Waals surface area contributed by atoms with Crippen LogP contribution < -0.4 is 10.3 Å². The van der Waals surface area contributed by atoms with Gasteiger partial charge in [-0.1, -0.05) is 23.7 Å². The predicted octanol–water partition coefficient (Wildman–Crippen LogP) is 1.77. The molecule has 0 aliphatic heterocycles. The van der Waals surface area contributed by atoms with E-state index in [9.17, 15) is 5.11 Å². The number of hydrogen-bond acceptors (Lipinski definition) is 4. The highest BCUT2D eigenvalue weighted by molar-refractivity contribution is 5.59. The summed E-state index contributed by atoms with van der Waals surface area (Å²) in [7, 11) is 1.87. The van der Waals surface area contributed by atoms with Crippen LogP contribution in [0.25, 0.3) is 16.8 Å². The molecule has 0 saturated carbocycles. The molecule has 0 atom stereocenters. The van der Waals surface area contributed by atoms with Crippen molar-refractivity contribution in [2.24, 2.45) is 7.05 Å². The Morgan fingerprint density at radius 2 is 2.00 bits per heavy atom. The summed E-state index contributed by atoms with van der Waals surface area (Å²) in [5.74, 6) is 0.619. The standard InChI is InChI=1S/C17H17N5O/c1-12(7-13-3-5-16(23)6-4-13)22-11-14(8-19-17(22)18)15-9-20-21(2)10-15/h3-6,8-11,18,23H,1,7H2,2H3/p+1. The summed E-state index contributed by atoms with van der Waals surface area (Å²) < 4.78 is 3.51. The fourth-order valence-corrected chi connectivity index (χ4v) is 2.34. The number of anilines is 1. The van der Waals surface area contributed by atoms with Gasteiger partial charge in [0.15, 0.2) is 0 Å². The van der Waals surface area contributed by atoms with E-state index in [1.54, 1.807) is 33.8 Å². The number of nitrogens with two attached hydrogens (primary N) is 1. The zero-order chi connectivity index (χ0) is 16.4. The van der Waals surface area contributed by atoms with Crippen LogP contribution in [0, 0.1) is 0 Å². The largest absolute Gasteiger partial charge is 0.508 e. The second kappa shape index (κ2) is 5.92. The van der Waals surface area contributed by atoms with Gasteiger partial charge in [0.05, 0.1) is 23.7 Å². The summed E-state index contributed by atoms with van der Waals surface area (Å²) in [4.78, 5) is 4.24. The first kappa shape index (κ1) is 14.8. The Bertz CT molecular complexity index is 852. The van der Waals surface area contributed by atoms with Gasteiger partial charge in [-0.3, -0.25) is 10.4 Å². The van der Waals surface area contributed by atoms with Crippen LogP contribution in [-0.2, 0) is 13.5 Å². The number of allylic oxidation sites excluding steroid dienone is 1. The van der Waals surface area contributed by atoms with Gasteiger partial charge in [0.2, 0.25) is 0 Å². The molecule has 6 nitrogen and oxygen atoms in total. The maximum Gasteiger partial charge on any atom is 0.393 e. The number of phenols is 1. The first-order chi connectivity index (χ1) is 11.0. The summed E-state index contributed by atoms with van der Waals surface area (Å²) in [6.45, 7) is 4.10. The average Bonchev–Trinajstić information content (AvgIpc) is 2.96. The summed E-state index contributed by atoms with van der Waals surface area (Å²) in [6.07, 6.45) is 7.92. The molecule has 0 bridgehead atoms. The maximum atomic E-state index is 9.35. The van der Waals surface area contributed by atoms with Crippen molar-refractivity contribution >= 4 is 11.6 Å². The van der Waals surface area contributed by atoms with E-state index >= 15 is 0 Å². The SMILES string of the molecule is C=C(Cc1ccc(O)cc1)[n+]1cc(-c2cnn(C)c2)cnc1N. The molecular formula is C17H18N5O+. The van der Waals surface area contributed by atoms with Gasteiger partial charge in [0, 0.05) is 25.2 Å². The van der Waals surface area contributed by atoms with Gasteiger partial charge in [0.1, 0.15) is 11.9 Å². The van der Waals surface area contributed by atoms with E-state index in [4.69, 9.17) is 5.73 Å². The Morgan fingerprint density at radius 3 is 2.65 bits per heavy atom. The topological polar surface area (TPSA) is 80.8 Å². The lowest BCUT2D eigenvalue weighted by Crippen LogP contribution is -2.37. The maximum absolute atomic E-state index is 9.35. The predicted molar refractivity (Wildman–Crippen MR) is 88.2 cm³/mol. The minimum absolute atomic E-state index is 0.242. The van der Waals surface area contributed by atoms with E-state index in [1.165, 1.54) is 0 Å². The van der Waals surface area contributed by atoms with E-state index < -0.39 is 0 Å². The number of phenolic OH excluding ortho intramolecular Hbond substituents is 1. The molecule has 2 aromatic heterocycles. The fourth-order valence-electron chi connectivity index (χ4n) is 2.34. The molecule has 0 saturated heterocycles. The van der Waals surface area contributed by atoms with E-state index in [2.05, 4.69) is 16.7 Å². The molecule has 3 rings (SSSR count). The van der Waals surface area contributed by atoms with Crippen molar-refractivity contribution in [3.63, 3.8) is 0 Å². The van der Waals surface area contributed by atoms with Crippen molar-refractivity contribution in [2.45, 2.75) is 6.42 Å². The number of aryl methyl sites for hydroxylation is 1. The van der Waals surface area contributed by atoms with Crippen LogP contribution in [0.1, 0.15) is 5.56 Å². The molecule has 1 aromatic carbocycles. The molecule has 23 heavy (non-hydrogen) atoms. The number of rotatable bonds is 4. The number of benzene rings is 1. The molecule has 0 aliphatic rings. The van der Waals surface area contributed by atoms with Gasteiger partial charge in [-0.05, 0) is 17.7 Å². The van der Waals surface area contributed by atoms with Gasteiger partial charge in [-0.2, -0.15) is 5.10 Å². The Kier molecular flexibility index (Phi) is 3.80. The summed E-state index contributed by atoms with van der Waals surface area (Å²) in [5.41, 5.74) is 9.69. The molecule has 6 heteroatoms. The van der Waals surface area contributed by atoms with Gasteiger partial charge in [0.25, 0.3) is 0 Å². The van der Waals surface area contributed by atoms with Crippen molar-refractivity contribution in [1.29, 1.82) is 0 Å². The molecule has 3 N–H and O–H groups in total. The van der Waals surface area contributed by atoms with Crippen molar-refractivity contribution in [1.82, 2.24) is 14.8 Å². The Hall–Kier alpha value is -3.15. The number of aromatic nitrogens is 4. The van der Waals surface area contributed by atoms with Crippen molar-refractivity contribution in [3.8, 4) is 16.9 Å². The van der Waals surface area contributed by atoms with E-state index in [-0.39, 0.29) is 5.75 Å². The van der Waals surface area contributed by atoms with Crippen LogP contribution >= 0.6 is 0 Å². The highest BCUT2D eigenvalue weighted by Crippen LogP contribution is 2.17. The van der Waals surface area contributed by atoms with Crippen LogP contribution in [0.3, 0.4) is 0 Å². The molecule has 0 fully saturated rings. The monoisotopic (exact) mass is 308 g/mol. The van der Waals surface area contributed by atoms with E-state index in [0.29, 0.717) is 12.4 Å². The van der Waals surface area contributed by atoms with Gasteiger partial charge in [-0.25, -0.2) is 4.57 Å². The zero-order valence-electron chi connectivity index (χ0n) is 12.8. The van der Waals surface area contributed by atoms with Gasteiger partial charge >= 0.3 is 5.95 Å². The summed E-state index contributed by atoms with van der Waals surface area (Å²) in [6, 6.07) is 7.02. The molecule has 0 radical (unpaired) electrons. The van der Waals surface area contributed by atoms with E-state index in [1.807, 2.05) is 31.6 Å². The highest BCUT2D eigenvalue weighted by atomic mass is 16.3. The Morgan fingerprint density at radius 1 is 1.26 bits per heavy atom. The van der Waals surface area contributed by atoms with Crippen LogP contribution in [0.4, 0.5) is 5.95 Å².